The van der Waals surface area contributed by atoms with Crippen molar-refractivity contribution in [2.75, 3.05) is 0 Å². The smallest absolute Gasteiger partial charge is 0.305 e. The van der Waals surface area contributed by atoms with Gasteiger partial charge in [0.1, 0.15) is 0 Å². The van der Waals surface area contributed by atoms with Crippen LogP contribution in [0.5, 0.6) is 0 Å². The Balaban J connectivity index is 2.61. The van der Waals surface area contributed by atoms with E-state index in [0.29, 0.717) is 0 Å². The molecular weight excluding hydrogens is 164 g/mol. The molecule has 0 radical (unpaired) electrons. The van der Waals surface area contributed by atoms with E-state index in [-0.39, 0.29) is 0 Å². The van der Waals surface area contributed by atoms with Crippen molar-refractivity contribution in [3.05, 3.63) is 0 Å². The van der Waals surface area contributed by atoms with E-state index in [0.717, 1.165) is 0 Å². The lowest BCUT2D eigenvalue weighted by molar-refractivity contribution is -0.555. The van der Waals surface area contributed by atoms with Crippen LogP contribution in [-0.2, 0) is 19.4 Å². The van der Waals surface area contributed by atoms with Crippen LogP contribution < -0.4 is 0 Å². The van der Waals surface area contributed by atoms with Gasteiger partial charge in [-0.15, -0.1) is 4.89 Å². The summed E-state index contributed by atoms with van der Waals surface area (Å²) in [7, 11) is 0. The molecule has 0 aromatic carbocycles. The van der Waals surface area contributed by atoms with Crippen LogP contribution in [0.3, 0.4) is 0 Å². The highest BCUT2D eigenvalue weighted by Gasteiger charge is 2.50. The molecule has 0 atom stereocenters. The van der Waals surface area contributed by atoms with Gasteiger partial charge in [-0.2, -0.15) is 0 Å². The minimum Gasteiger partial charge on any atom is -0.319 e. The van der Waals surface area contributed by atoms with Crippen molar-refractivity contribution in [1.29, 1.82) is 0 Å². The summed E-state index contributed by atoms with van der Waals surface area (Å²) in [6.07, 6.45) is 0. The maximum Gasteiger partial charge on any atom is 0.305 e. The molecule has 0 amide bonds. The lowest BCUT2D eigenvalue weighted by atomic mass is 9.90. The molecule has 0 aliphatic carbocycles. The van der Waals surface area contributed by atoms with E-state index in [1.54, 1.807) is 0 Å². The lowest BCUT2D eigenvalue weighted by Gasteiger charge is -2.29. The van der Waals surface area contributed by atoms with Crippen molar-refractivity contribution in [3.8, 4) is 0 Å². The summed E-state index contributed by atoms with van der Waals surface area (Å²) in [4.78, 5) is 4.29. The van der Waals surface area contributed by atoms with Gasteiger partial charge < -0.3 is 9.47 Å². The molecule has 0 bridgehead atoms. The van der Waals surface area contributed by atoms with Gasteiger partial charge in [0.05, 0.1) is 11.2 Å². The van der Waals surface area contributed by atoms with E-state index in [1.807, 2.05) is 27.7 Å². The lowest BCUT2D eigenvalue weighted by Crippen LogP contribution is -2.41. The molecule has 0 unspecified atom stereocenters. The molecule has 1 N–H and O–H groups in total. The van der Waals surface area contributed by atoms with Crippen molar-refractivity contribution in [2.45, 2.75) is 45.4 Å². The van der Waals surface area contributed by atoms with Gasteiger partial charge in [0, 0.05) is 0 Å². The van der Waals surface area contributed by atoms with Gasteiger partial charge in [-0.05, 0) is 27.7 Å². The van der Waals surface area contributed by atoms with E-state index in [9.17, 15) is 0 Å². The van der Waals surface area contributed by atoms with Crippen molar-refractivity contribution in [3.63, 3.8) is 0 Å². The van der Waals surface area contributed by atoms with Crippen LogP contribution in [0, 0.1) is 0 Å². The molecule has 1 fully saturated rings. The Hall–Kier alpha value is -0.200. The Kier molecular flexibility index (Phi) is 2.42. The Bertz CT molecular complexity index is 149. The molecule has 0 aromatic rings. The second-order valence-electron chi connectivity index (χ2n) is 3.72. The van der Waals surface area contributed by atoms with Gasteiger partial charge in [-0.25, -0.2) is 5.26 Å². The normalized spacial score (nSPS) is 27.8. The summed E-state index contributed by atoms with van der Waals surface area (Å²) in [5.41, 5.74) is -0.952. The minimum absolute atomic E-state index is 0.476. The largest absolute Gasteiger partial charge is 0.319 e. The summed E-state index contributed by atoms with van der Waals surface area (Å²) in [5, 5.41) is 11.4. The van der Waals surface area contributed by atoms with E-state index in [4.69, 9.17) is 14.7 Å². The number of ether oxygens (including phenoxy) is 2. The molecule has 1 heterocycles. The molecule has 1 aliphatic heterocycles. The maximum atomic E-state index is 7.98. The first-order chi connectivity index (χ1) is 5.39. The predicted octanol–water partition coefficient (Wildman–Crippen LogP) is 1.30. The van der Waals surface area contributed by atoms with E-state index in [1.165, 1.54) is 0 Å². The average Bonchev–Trinajstić information content (AvgIpc) is 2.02. The highest BCUT2D eigenvalue weighted by molar-refractivity contribution is 4.92. The van der Waals surface area contributed by atoms with Crippen LogP contribution >= 0.6 is 0 Å². The molecule has 1 saturated heterocycles. The second-order valence-corrected chi connectivity index (χ2v) is 3.72. The summed E-state index contributed by atoms with van der Waals surface area (Å²) in [6.45, 7) is 6.50. The van der Waals surface area contributed by atoms with Crippen molar-refractivity contribution >= 4 is 0 Å². The zero-order valence-electron chi connectivity index (χ0n) is 7.66. The van der Waals surface area contributed by atoms with Crippen LogP contribution in [0.2, 0.25) is 0 Å². The standard InChI is InChI=1S/C7H14O5/c1-6(2)7(3,4)10-5(9-6)11-12-8/h5,8H,1-4H3. The van der Waals surface area contributed by atoms with Crippen LogP contribution in [-0.4, -0.2) is 22.9 Å². The Morgan fingerprint density at radius 2 is 1.50 bits per heavy atom. The van der Waals surface area contributed by atoms with Gasteiger partial charge in [0.15, 0.2) is 0 Å². The zero-order valence-corrected chi connectivity index (χ0v) is 7.66. The third-order valence-electron chi connectivity index (χ3n) is 2.35. The Morgan fingerprint density at radius 1 is 1.08 bits per heavy atom. The number of hydrogen-bond acceptors (Lipinski definition) is 5. The molecule has 0 saturated carbocycles. The molecular formula is C7H14O5. The average molecular weight is 178 g/mol. The van der Waals surface area contributed by atoms with Gasteiger partial charge in [-0.3, -0.25) is 0 Å². The van der Waals surface area contributed by atoms with E-state index in [2.05, 4.69) is 9.93 Å². The topological polar surface area (TPSA) is 57.2 Å². The number of rotatable bonds is 2. The Morgan fingerprint density at radius 3 is 1.83 bits per heavy atom. The Labute approximate surface area is 71.0 Å². The monoisotopic (exact) mass is 178 g/mol. The second kappa shape index (κ2) is 2.93. The van der Waals surface area contributed by atoms with Crippen LogP contribution in [0.15, 0.2) is 0 Å². The van der Waals surface area contributed by atoms with Gasteiger partial charge in [0.2, 0.25) is 0 Å². The zero-order chi connectivity index (χ0) is 9.41. The van der Waals surface area contributed by atoms with E-state index < -0.39 is 17.7 Å². The van der Waals surface area contributed by atoms with Crippen LogP contribution in [0.1, 0.15) is 27.7 Å². The molecule has 72 valence electrons. The fourth-order valence-corrected chi connectivity index (χ4v) is 0.863. The number of hydrogen-bond donors (Lipinski definition) is 1. The van der Waals surface area contributed by atoms with Gasteiger partial charge in [-0.1, -0.05) is 5.04 Å². The molecule has 1 aliphatic rings. The summed E-state index contributed by atoms with van der Waals surface area (Å²) in [6, 6.07) is 0. The molecule has 5 nitrogen and oxygen atoms in total. The third-order valence-corrected chi connectivity index (χ3v) is 2.35. The van der Waals surface area contributed by atoms with E-state index >= 15 is 0 Å². The van der Waals surface area contributed by atoms with Crippen LogP contribution in [0.25, 0.3) is 0 Å². The van der Waals surface area contributed by atoms with Gasteiger partial charge in [0.25, 0.3) is 0 Å². The molecule has 0 aromatic heterocycles. The van der Waals surface area contributed by atoms with Crippen molar-refractivity contribution in [1.82, 2.24) is 0 Å². The first-order valence-corrected chi connectivity index (χ1v) is 3.71. The molecule has 12 heavy (non-hydrogen) atoms. The molecule has 1 rings (SSSR count). The van der Waals surface area contributed by atoms with Crippen LogP contribution in [0.4, 0.5) is 0 Å². The minimum atomic E-state index is -0.972. The quantitative estimate of drug-likeness (QED) is 0.510. The maximum absolute atomic E-state index is 7.98. The summed E-state index contributed by atoms with van der Waals surface area (Å²) in [5.74, 6) is 0. The molecule has 5 heteroatoms. The first kappa shape index (κ1) is 9.88. The summed E-state index contributed by atoms with van der Waals surface area (Å²) >= 11 is 0. The fraction of sp³-hybridized carbons (Fsp3) is 1.00. The third kappa shape index (κ3) is 1.60. The SMILES string of the molecule is CC1(C)OC(OOO)OC1(C)C. The fourth-order valence-electron chi connectivity index (χ4n) is 0.863. The highest BCUT2D eigenvalue weighted by atomic mass is 17.5. The van der Waals surface area contributed by atoms with Crippen molar-refractivity contribution in [2.24, 2.45) is 0 Å². The van der Waals surface area contributed by atoms with Gasteiger partial charge >= 0.3 is 6.48 Å². The predicted molar refractivity (Wildman–Crippen MR) is 38.9 cm³/mol. The summed E-state index contributed by atoms with van der Waals surface area (Å²) < 4.78 is 10.6. The molecule has 0 spiro atoms. The first-order valence-electron chi connectivity index (χ1n) is 3.71. The van der Waals surface area contributed by atoms with Crippen molar-refractivity contribution < 1.29 is 24.7 Å². The highest BCUT2D eigenvalue weighted by Crippen LogP contribution is 2.38.